The minimum absolute atomic E-state index is 0.0596. The highest BCUT2D eigenvalue weighted by molar-refractivity contribution is 7.17. The molecule has 0 aliphatic carbocycles. The standard InChI is InChI=1S/C14H16N2O2S/c1-9-13(10(2)17)19-14(15-9)16(3)11-5-7-12(18-4)8-6-11/h5-8H,1-4H3. The van der Waals surface area contributed by atoms with Crippen molar-refractivity contribution in [2.45, 2.75) is 13.8 Å². The second-order valence-electron chi connectivity index (χ2n) is 4.22. The zero-order chi connectivity index (χ0) is 14.0. The van der Waals surface area contributed by atoms with Gasteiger partial charge in [-0.3, -0.25) is 4.79 Å². The van der Waals surface area contributed by atoms with Gasteiger partial charge in [-0.1, -0.05) is 11.3 Å². The Morgan fingerprint density at radius 2 is 1.95 bits per heavy atom. The lowest BCUT2D eigenvalue weighted by Crippen LogP contribution is -2.08. The third-order valence-electron chi connectivity index (χ3n) is 2.85. The molecule has 19 heavy (non-hydrogen) atoms. The molecular formula is C14H16N2O2S. The molecule has 0 aliphatic rings. The number of methoxy groups -OCH3 is 1. The number of rotatable bonds is 4. The van der Waals surface area contributed by atoms with Gasteiger partial charge in [0, 0.05) is 19.7 Å². The summed E-state index contributed by atoms with van der Waals surface area (Å²) in [4.78, 5) is 18.6. The highest BCUT2D eigenvalue weighted by atomic mass is 32.1. The van der Waals surface area contributed by atoms with Gasteiger partial charge in [-0.05, 0) is 31.2 Å². The molecule has 2 rings (SSSR count). The normalized spacial score (nSPS) is 10.3. The molecule has 0 saturated carbocycles. The Morgan fingerprint density at radius 1 is 1.32 bits per heavy atom. The molecule has 0 unspecified atom stereocenters. The van der Waals surface area contributed by atoms with E-state index in [2.05, 4.69) is 4.98 Å². The van der Waals surface area contributed by atoms with Crippen molar-refractivity contribution in [1.29, 1.82) is 0 Å². The van der Waals surface area contributed by atoms with Crippen molar-refractivity contribution in [3.05, 3.63) is 34.8 Å². The lowest BCUT2D eigenvalue weighted by atomic mass is 10.3. The Hall–Kier alpha value is -1.88. The first kappa shape index (κ1) is 13.5. The molecule has 0 radical (unpaired) electrons. The van der Waals surface area contributed by atoms with Gasteiger partial charge in [-0.15, -0.1) is 0 Å². The number of Topliss-reactive ketones (excluding diaryl/α,β-unsaturated/α-hetero) is 1. The summed E-state index contributed by atoms with van der Waals surface area (Å²) >= 11 is 1.41. The Balaban J connectivity index is 2.30. The molecule has 0 aliphatic heterocycles. The molecule has 5 heteroatoms. The SMILES string of the molecule is COc1ccc(N(C)c2nc(C)c(C(C)=O)s2)cc1. The van der Waals surface area contributed by atoms with Crippen molar-refractivity contribution in [2.24, 2.45) is 0 Å². The summed E-state index contributed by atoms with van der Waals surface area (Å²) < 4.78 is 5.13. The van der Waals surface area contributed by atoms with Gasteiger partial charge in [0.05, 0.1) is 17.7 Å². The molecule has 2 aromatic rings. The van der Waals surface area contributed by atoms with Crippen molar-refractivity contribution in [3.63, 3.8) is 0 Å². The van der Waals surface area contributed by atoms with Crippen molar-refractivity contribution >= 4 is 27.9 Å². The molecular weight excluding hydrogens is 260 g/mol. The van der Waals surface area contributed by atoms with Crippen LogP contribution in [0.5, 0.6) is 5.75 Å². The van der Waals surface area contributed by atoms with Crippen LogP contribution in [0.1, 0.15) is 22.3 Å². The number of aromatic nitrogens is 1. The van der Waals surface area contributed by atoms with E-state index < -0.39 is 0 Å². The fraction of sp³-hybridized carbons (Fsp3) is 0.286. The third kappa shape index (κ3) is 2.76. The van der Waals surface area contributed by atoms with E-state index in [0.717, 1.165) is 27.1 Å². The predicted octanol–water partition coefficient (Wildman–Crippen LogP) is 3.43. The van der Waals surface area contributed by atoms with E-state index in [9.17, 15) is 4.79 Å². The van der Waals surface area contributed by atoms with E-state index in [-0.39, 0.29) is 5.78 Å². The van der Waals surface area contributed by atoms with E-state index in [1.165, 1.54) is 11.3 Å². The van der Waals surface area contributed by atoms with E-state index in [4.69, 9.17) is 4.74 Å². The summed E-state index contributed by atoms with van der Waals surface area (Å²) in [7, 11) is 3.58. The summed E-state index contributed by atoms with van der Waals surface area (Å²) in [5.74, 6) is 0.876. The fourth-order valence-electron chi connectivity index (χ4n) is 1.77. The number of hydrogen-bond acceptors (Lipinski definition) is 5. The Morgan fingerprint density at radius 3 is 2.42 bits per heavy atom. The smallest absolute Gasteiger partial charge is 0.190 e. The summed E-state index contributed by atoms with van der Waals surface area (Å²) in [6.07, 6.45) is 0. The van der Waals surface area contributed by atoms with Crippen molar-refractivity contribution < 1.29 is 9.53 Å². The first-order valence-electron chi connectivity index (χ1n) is 5.89. The number of carbonyl (C=O) groups is 1. The Kier molecular flexibility index (Phi) is 3.85. The fourth-order valence-corrected chi connectivity index (χ4v) is 2.71. The number of anilines is 2. The topological polar surface area (TPSA) is 42.4 Å². The maximum atomic E-state index is 11.5. The second-order valence-corrected chi connectivity index (χ2v) is 5.20. The first-order chi connectivity index (χ1) is 9.02. The number of ketones is 1. The number of nitrogens with zero attached hydrogens (tertiary/aromatic N) is 2. The molecule has 0 spiro atoms. The first-order valence-corrected chi connectivity index (χ1v) is 6.70. The zero-order valence-electron chi connectivity index (χ0n) is 11.4. The number of ether oxygens (including phenoxy) is 1. The lowest BCUT2D eigenvalue weighted by Gasteiger charge is -2.15. The highest BCUT2D eigenvalue weighted by Crippen LogP contribution is 2.31. The van der Waals surface area contributed by atoms with Crippen LogP contribution in [-0.4, -0.2) is 24.9 Å². The van der Waals surface area contributed by atoms with Gasteiger partial charge in [0.1, 0.15) is 5.75 Å². The Labute approximate surface area is 116 Å². The monoisotopic (exact) mass is 276 g/mol. The largest absolute Gasteiger partial charge is 0.497 e. The van der Waals surface area contributed by atoms with Crippen LogP contribution in [0.25, 0.3) is 0 Å². The van der Waals surface area contributed by atoms with Gasteiger partial charge in [0.25, 0.3) is 0 Å². The van der Waals surface area contributed by atoms with Crippen LogP contribution >= 0.6 is 11.3 Å². The van der Waals surface area contributed by atoms with Crippen LogP contribution in [0.3, 0.4) is 0 Å². The van der Waals surface area contributed by atoms with E-state index in [1.54, 1.807) is 14.0 Å². The highest BCUT2D eigenvalue weighted by Gasteiger charge is 2.15. The van der Waals surface area contributed by atoms with Gasteiger partial charge >= 0.3 is 0 Å². The van der Waals surface area contributed by atoms with Crippen LogP contribution < -0.4 is 9.64 Å². The summed E-state index contributed by atoms with van der Waals surface area (Å²) in [5.41, 5.74) is 1.79. The molecule has 0 fully saturated rings. The van der Waals surface area contributed by atoms with Gasteiger partial charge in [0.2, 0.25) is 0 Å². The van der Waals surface area contributed by atoms with Crippen LogP contribution in [-0.2, 0) is 0 Å². The lowest BCUT2D eigenvalue weighted by molar-refractivity contribution is 0.102. The summed E-state index contributed by atoms with van der Waals surface area (Å²) in [6, 6.07) is 7.72. The van der Waals surface area contributed by atoms with Crippen LogP contribution in [0.2, 0.25) is 0 Å². The number of aryl methyl sites for hydroxylation is 1. The molecule has 0 N–H and O–H groups in total. The van der Waals surface area contributed by atoms with Crippen molar-refractivity contribution in [3.8, 4) is 5.75 Å². The van der Waals surface area contributed by atoms with Gasteiger partial charge in [-0.25, -0.2) is 4.98 Å². The quantitative estimate of drug-likeness (QED) is 0.802. The number of benzene rings is 1. The average Bonchev–Trinajstić information content (AvgIpc) is 2.80. The van der Waals surface area contributed by atoms with E-state index in [0.29, 0.717) is 0 Å². The molecule has 0 amide bonds. The molecule has 4 nitrogen and oxygen atoms in total. The van der Waals surface area contributed by atoms with Crippen LogP contribution in [0.15, 0.2) is 24.3 Å². The van der Waals surface area contributed by atoms with Crippen molar-refractivity contribution in [1.82, 2.24) is 4.98 Å². The maximum Gasteiger partial charge on any atom is 0.190 e. The molecule has 1 aromatic carbocycles. The van der Waals surface area contributed by atoms with Crippen molar-refractivity contribution in [2.75, 3.05) is 19.1 Å². The van der Waals surface area contributed by atoms with E-state index in [1.807, 2.05) is 43.1 Å². The van der Waals surface area contributed by atoms with Gasteiger partial charge < -0.3 is 9.64 Å². The number of hydrogen-bond donors (Lipinski definition) is 0. The number of carbonyl (C=O) groups excluding carboxylic acids is 1. The molecule has 1 aromatic heterocycles. The van der Waals surface area contributed by atoms with Crippen LogP contribution in [0, 0.1) is 6.92 Å². The summed E-state index contributed by atoms with van der Waals surface area (Å²) in [6.45, 7) is 3.43. The van der Waals surface area contributed by atoms with Gasteiger partial charge in [0.15, 0.2) is 10.9 Å². The molecule has 0 saturated heterocycles. The third-order valence-corrected chi connectivity index (χ3v) is 4.19. The predicted molar refractivity (Wildman–Crippen MR) is 77.9 cm³/mol. The molecule has 1 heterocycles. The second kappa shape index (κ2) is 5.40. The average molecular weight is 276 g/mol. The zero-order valence-corrected chi connectivity index (χ0v) is 12.2. The summed E-state index contributed by atoms with van der Waals surface area (Å²) in [5, 5.41) is 0.813. The molecule has 0 bridgehead atoms. The number of thiazole rings is 1. The minimum Gasteiger partial charge on any atom is -0.497 e. The maximum absolute atomic E-state index is 11.5. The molecule has 100 valence electrons. The Bertz CT molecular complexity index is 590. The molecule has 0 atom stereocenters. The van der Waals surface area contributed by atoms with Crippen LogP contribution in [0.4, 0.5) is 10.8 Å². The van der Waals surface area contributed by atoms with Gasteiger partial charge in [-0.2, -0.15) is 0 Å². The minimum atomic E-state index is 0.0596. The van der Waals surface area contributed by atoms with E-state index >= 15 is 0 Å².